The summed E-state index contributed by atoms with van der Waals surface area (Å²) in [6, 6.07) is 0. The van der Waals surface area contributed by atoms with Gasteiger partial charge >= 0.3 is 0 Å². The van der Waals surface area contributed by atoms with Crippen molar-refractivity contribution >= 4 is 5.71 Å². The van der Waals surface area contributed by atoms with Crippen LogP contribution in [-0.4, -0.2) is 26.0 Å². The van der Waals surface area contributed by atoms with Gasteiger partial charge in [-0.25, -0.2) is 0 Å². The molecule has 0 aromatic rings. The molecule has 0 amide bonds. The van der Waals surface area contributed by atoms with Gasteiger partial charge in [-0.3, -0.25) is 0 Å². The first-order valence-corrected chi connectivity index (χ1v) is 3.70. The van der Waals surface area contributed by atoms with Crippen LogP contribution >= 0.6 is 0 Å². The van der Waals surface area contributed by atoms with Crippen LogP contribution in [0.15, 0.2) is 5.10 Å². The predicted octanol–water partition coefficient (Wildman–Crippen LogP) is 0.762. The molecule has 58 valence electrons. The number of ether oxygens (including phenoxy) is 1. The van der Waals surface area contributed by atoms with Gasteiger partial charge in [0.2, 0.25) is 0 Å². The number of methoxy groups -OCH3 is 1. The van der Waals surface area contributed by atoms with E-state index in [1.165, 1.54) is 25.0 Å². The van der Waals surface area contributed by atoms with Crippen LogP contribution < -0.4 is 5.43 Å². The molecule has 0 aliphatic heterocycles. The second-order valence-corrected chi connectivity index (χ2v) is 2.43. The summed E-state index contributed by atoms with van der Waals surface area (Å²) in [6.07, 6.45) is 3.67. The number of nitrogens with one attached hydrogen (secondary N) is 1. The van der Waals surface area contributed by atoms with Gasteiger partial charge < -0.3 is 10.2 Å². The zero-order valence-electron chi connectivity index (χ0n) is 6.39. The molecular weight excluding hydrogens is 128 g/mol. The van der Waals surface area contributed by atoms with Gasteiger partial charge in [-0.1, -0.05) is 0 Å². The van der Waals surface area contributed by atoms with E-state index in [0.717, 1.165) is 13.2 Å². The minimum absolute atomic E-state index is 0.733. The molecule has 0 bridgehead atoms. The molecule has 1 rings (SSSR count). The van der Waals surface area contributed by atoms with Crippen LogP contribution in [-0.2, 0) is 4.74 Å². The summed E-state index contributed by atoms with van der Waals surface area (Å²) in [5.74, 6) is 0. The molecule has 0 radical (unpaired) electrons. The number of hydrogen-bond acceptors (Lipinski definition) is 3. The highest BCUT2D eigenvalue weighted by Crippen LogP contribution is 2.13. The van der Waals surface area contributed by atoms with Crippen LogP contribution in [0.25, 0.3) is 0 Å². The van der Waals surface area contributed by atoms with Crippen LogP contribution in [0.1, 0.15) is 19.3 Å². The second kappa shape index (κ2) is 4.28. The molecule has 0 heterocycles. The maximum atomic E-state index is 4.84. The number of hydrogen-bond donors (Lipinski definition) is 1. The second-order valence-electron chi connectivity index (χ2n) is 2.43. The fourth-order valence-electron chi connectivity index (χ4n) is 0.762. The summed E-state index contributed by atoms with van der Waals surface area (Å²) in [6.45, 7) is 1.55. The molecule has 0 aromatic carbocycles. The smallest absolute Gasteiger partial charge is 0.0652 e. The molecule has 3 heteroatoms. The van der Waals surface area contributed by atoms with Crippen LogP contribution in [0.5, 0.6) is 0 Å². The summed E-state index contributed by atoms with van der Waals surface area (Å²) in [5, 5.41) is 4.15. The van der Waals surface area contributed by atoms with Crippen molar-refractivity contribution in [2.75, 3.05) is 20.3 Å². The molecule has 10 heavy (non-hydrogen) atoms. The Morgan fingerprint density at radius 2 is 2.40 bits per heavy atom. The zero-order chi connectivity index (χ0) is 7.23. The molecule has 0 aromatic heterocycles. The molecule has 0 saturated heterocycles. The van der Waals surface area contributed by atoms with E-state index in [2.05, 4.69) is 10.5 Å². The van der Waals surface area contributed by atoms with Gasteiger partial charge in [0.15, 0.2) is 0 Å². The van der Waals surface area contributed by atoms with E-state index in [0.29, 0.717) is 0 Å². The Labute approximate surface area is 61.5 Å². The third kappa shape index (κ3) is 2.35. The molecule has 3 nitrogen and oxygen atoms in total. The fourth-order valence-corrected chi connectivity index (χ4v) is 0.762. The van der Waals surface area contributed by atoms with Crippen molar-refractivity contribution in [2.24, 2.45) is 5.10 Å². The van der Waals surface area contributed by atoms with Gasteiger partial charge in [0, 0.05) is 12.8 Å². The van der Waals surface area contributed by atoms with Gasteiger partial charge in [0.05, 0.1) is 13.2 Å². The zero-order valence-corrected chi connectivity index (χ0v) is 6.39. The average Bonchev–Trinajstić information content (AvgIpc) is 1.84. The third-order valence-electron chi connectivity index (χ3n) is 1.59. The lowest BCUT2D eigenvalue weighted by molar-refractivity contribution is 0.200. The average molecular weight is 142 g/mol. The van der Waals surface area contributed by atoms with Crippen LogP contribution in [0.2, 0.25) is 0 Å². The van der Waals surface area contributed by atoms with E-state index in [1.807, 2.05) is 0 Å². The van der Waals surface area contributed by atoms with Crippen molar-refractivity contribution in [1.82, 2.24) is 5.43 Å². The summed E-state index contributed by atoms with van der Waals surface area (Å²) < 4.78 is 4.84. The predicted molar refractivity (Wildman–Crippen MR) is 41.2 cm³/mol. The van der Waals surface area contributed by atoms with E-state index in [1.54, 1.807) is 7.11 Å². The maximum absolute atomic E-state index is 4.84. The normalized spacial score (nSPS) is 16.3. The van der Waals surface area contributed by atoms with Crippen molar-refractivity contribution < 1.29 is 4.74 Å². The van der Waals surface area contributed by atoms with E-state index in [4.69, 9.17) is 4.74 Å². The first-order valence-electron chi connectivity index (χ1n) is 3.70. The van der Waals surface area contributed by atoms with E-state index in [-0.39, 0.29) is 0 Å². The lowest BCUT2D eigenvalue weighted by Gasteiger charge is -2.13. The lowest BCUT2D eigenvalue weighted by atomic mass is 9.98. The van der Waals surface area contributed by atoms with Crippen molar-refractivity contribution in [1.29, 1.82) is 0 Å². The number of nitrogens with zero attached hydrogens (tertiary/aromatic N) is 1. The number of rotatable bonds is 4. The summed E-state index contributed by atoms with van der Waals surface area (Å²) in [4.78, 5) is 0. The first kappa shape index (κ1) is 7.54. The van der Waals surface area contributed by atoms with Gasteiger partial charge in [-0.15, -0.1) is 0 Å². The molecular formula is C7H14N2O. The Balaban J connectivity index is 1.93. The molecule has 1 fully saturated rings. The van der Waals surface area contributed by atoms with Gasteiger partial charge in [0.1, 0.15) is 0 Å². The van der Waals surface area contributed by atoms with Crippen LogP contribution in [0, 0.1) is 0 Å². The minimum Gasteiger partial charge on any atom is -0.383 e. The topological polar surface area (TPSA) is 33.6 Å². The Morgan fingerprint density at radius 3 is 2.90 bits per heavy atom. The Bertz CT molecular complexity index is 117. The third-order valence-corrected chi connectivity index (χ3v) is 1.59. The molecule has 0 unspecified atom stereocenters. The van der Waals surface area contributed by atoms with Crippen LogP contribution in [0.4, 0.5) is 0 Å². The molecule has 1 aliphatic rings. The van der Waals surface area contributed by atoms with Crippen molar-refractivity contribution in [3.8, 4) is 0 Å². The molecule has 1 saturated carbocycles. The van der Waals surface area contributed by atoms with E-state index in [9.17, 15) is 0 Å². The highest BCUT2D eigenvalue weighted by atomic mass is 16.5. The van der Waals surface area contributed by atoms with Gasteiger partial charge in [-0.05, 0) is 19.3 Å². The standard InChI is InChI=1S/C7H14N2O/c1-10-6-5-8-9-7-3-2-4-7/h8H,2-6H2,1H3. The minimum atomic E-state index is 0.733. The number of hydrazone groups is 1. The van der Waals surface area contributed by atoms with Crippen LogP contribution in [0.3, 0.4) is 0 Å². The molecule has 0 spiro atoms. The van der Waals surface area contributed by atoms with Crippen molar-refractivity contribution in [2.45, 2.75) is 19.3 Å². The molecule has 0 atom stereocenters. The van der Waals surface area contributed by atoms with E-state index < -0.39 is 0 Å². The summed E-state index contributed by atoms with van der Waals surface area (Å²) in [7, 11) is 1.69. The first-order chi connectivity index (χ1) is 4.93. The monoisotopic (exact) mass is 142 g/mol. The van der Waals surface area contributed by atoms with Gasteiger partial charge in [-0.2, -0.15) is 5.10 Å². The largest absolute Gasteiger partial charge is 0.383 e. The fraction of sp³-hybridized carbons (Fsp3) is 0.857. The Morgan fingerprint density at radius 1 is 1.60 bits per heavy atom. The highest BCUT2D eigenvalue weighted by molar-refractivity contribution is 5.88. The molecule has 1 aliphatic carbocycles. The van der Waals surface area contributed by atoms with Crippen molar-refractivity contribution in [3.05, 3.63) is 0 Å². The Kier molecular flexibility index (Phi) is 3.22. The summed E-state index contributed by atoms with van der Waals surface area (Å²) >= 11 is 0. The quantitative estimate of drug-likeness (QED) is 0.464. The van der Waals surface area contributed by atoms with E-state index >= 15 is 0 Å². The Hall–Kier alpha value is -0.570. The SMILES string of the molecule is COCCNN=C1CCC1. The lowest BCUT2D eigenvalue weighted by Crippen LogP contribution is -2.19. The van der Waals surface area contributed by atoms with Crippen molar-refractivity contribution in [3.63, 3.8) is 0 Å². The van der Waals surface area contributed by atoms with Gasteiger partial charge in [0.25, 0.3) is 0 Å². The summed E-state index contributed by atoms with van der Waals surface area (Å²) in [5.41, 5.74) is 4.25. The maximum Gasteiger partial charge on any atom is 0.0652 e. The molecule has 1 N–H and O–H groups in total. The highest BCUT2D eigenvalue weighted by Gasteiger charge is 2.08.